The lowest BCUT2D eigenvalue weighted by atomic mass is 9.84. The Kier molecular flexibility index (Phi) is 9.24. The second-order valence-electron chi connectivity index (χ2n) is 12.0. The highest BCUT2D eigenvalue weighted by Crippen LogP contribution is 2.40. The number of carbonyl (C=O) groups is 1. The first-order valence-electron chi connectivity index (χ1n) is 15.3. The molecule has 4 fully saturated rings. The summed E-state index contributed by atoms with van der Waals surface area (Å²) in [6.45, 7) is 7.41. The number of piperidine rings is 2. The molecule has 1 spiro atoms. The van der Waals surface area contributed by atoms with Crippen LogP contribution in [0.1, 0.15) is 96.3 Å². The number of benzene rings is 1. The van der Waals surface area contributed by atoms with Crippen molar-refractivity contribution in [1.82, 2.24) is 14.7 Å². The molecule has 3 aliphatic heterocycles. The Labute approximate surface area is 220 Å². The molecule has 200 valence electrons. The average molecular weight is 495 g/mol. The number of hydrogen-bond donors (Lipinski definition) is 0. The van der Waals surface area contributed by atoms with Gasteiger partial charge in [0.25, 0.3) is 0 Å². The van der Waals surface area contributed by atoms with Crippen LogP contribution in [0.3, 0.4) is 0 Å². The van der Waals surface area contributed by atoms with Gasteiger partial charge in [0.1, 0.15) is 5.54 Å². The van der Waals surface area contributed by atoms with E-state index in [-0.39, 0.29) is 5.54 Å². The second kappa shape index (κ2) is 12.8. The Balaban J connectivity index is 1.24. The lowest BCUT2D eigenvalue weighted by Crippen LogP contribution is -2.58. The molecule has 5 heteroatoms. The summed E-state index contributed by atoms with van der Waals surface area (Å²) in [6.07, 6.45) is 19.6. The highest BCUT2D eigenvalue weighted by molar-refractivity contribution is 5.93. The minimum absolute atomic E-state index is 0.348. The maximum atomic E-state index is 14.1. The molecule has 1 aliphatic carbocycles. The summed E-state index contributed by atoms with van der Waals surface area (Å²) in [5, 5.41) is 0. The summed E-state index contributed by atoms with van der Waals surface area (Å²) in [6, 6.07) is 11.5. The van der Waals surface area contributed by atoms with Crippen LogP contribution in [-0.4, -0.2) is 78.1 Å². The fourth-order valence-electron chi connectivity index (χ4n) is 7.45. The highest BCUT2D eigenvalue weighted by Gasteiger charge is 2.53. The quantitative estimate of drug-likeness (QED) is 0.493. The van der Waals surface area contributed by atoms with Gasteiger partial charge < -0.3 is 19.6 Å². The molecule has 3 saturated heterocycles. The predicted octanol–water partition coefficient (Wildman–Crippen LogP) is 5.90. The molecule has 1 aromatic rings. The summed E-state index contributed by atoms with van der Waals surface area (Å²) in [7, 11) is 0. The van der Waals surface area contributed by atoms with Gasteiger partial charge in [0, 0.05) is 31.4 Å². The molecule has 1 amide bonds. The minimum atomic E-state index is -0.348. The molecule has 3 heterocycles. The molecule has 0 N–H and O–H groups in total. The van der Waals surface area contributed by atoms with E-state index in [0.717, 1.165) is 58.2 Å². The van der Waals surface area contributed by atoms with Crippen LogP contribution in [0.15, 0.2) is 30.3 Å². The smallest absolute Gasteiger partial charge is 0.250 e. The molecule has 5 nitrogen and oxygen atoms in total. The molecule has 0 aromatic heterocycles. The number of rotatable bonds is 6. The first-order chi connectivity index (χ1) is 17.8. The molecule has 5 rings (SSSR count). The first-order valence-corrected chi connectivity index (χ1v) is 15.3. The van der Waals surface area contributed by atoms with Gasteiger partial charge in [-0.1, -0.05) is 69.6 Å². The zero-order chi connectivity index (χ0) is 24.6. The van der Waals surface area contributed by atoms with Gasteiger partial charge in [-0.15, -0.1) is 0 Å². The van der Waals surface area contributed by atoms with Crippen molar-refractivity contribution >= 4 is 11.6 Å². The lowest BCUT2D eigenvalue weighted by Gasteiger charge is -2.45. The van der Waals surface area contributed by atoms with Gasteiger partial charge in [0.15, 0.2) is 0 Å². The standard InChI is InChI=1S/C31H50N4O/c36-30-31(19-25-33(26-20-31)28-15-8-4-2-1-3-5-9-16-28)35(29-17-10-6-11-18-29)27-34(30)24-14-23-32-21-12-7-13-22-32/h6,10-11,17-18,28H,1-5,7-9,12-16,19-27H2. The van der Waals surface area contributed by atoms with Crippen LogP contribution in [0, 0.1) is 0 Å². The Morgan fingerprint density at radius 3 is 2.00 bits per heavy atom. The van der Waals surface area contributed by atoms with Crippen molar-refractivity contribution in [3.05, 3.63) is 30.3 Å². The summed E-state index contributed by atoms with van der Waals surface area (Å²) in [4.78, 5) is 24.1. The minimum Gasteiger partial charge on any atom is -0.339 e. The van der Waals surface area contributed by atoms with Gasteiger partial charge in [-0.25, -0.2) is 0 Å². The Morgan fingerprint density at radius 2 is 1.33 bits per heavy atom. The normalized spacial score (nSPS) is 25.5. The molecule has 0 radical (unpaired) electrons. The van der Waals surface area contributed by atoms with Crippen molar-refractivity contribution in [3.8, 4) is 0 Å². The van der Waals surface area contributed by atoms with E-state index in [0.29, 0.717) is 5.91 Å². The van der Waals surface area contributed by atoms with Crippen LogP contribution in [0.2, 0.25) is 0 Å². The van der Waals surface area contributed by atoms with E-state index in [1.807, 2.05) is 0 Å². The number of para-hydroxylation sites is 1. The van der Waals surface area contributed by atoms with E-state index in [2.05, 4.69) is 49.9 Å². The van der Waals surface area contributed by atoms with Gasteiger partial charge >= 0.3 is 0 Å². The maximum Gasteiger partial charge on any atom is 0.250 e. The van der Waals surface area contributed by atoms with Gasteiger partial charge in [0.05, 0.1) is 6.67 Å². The number of carbonyl (C=O) groups excluding carboxylic acids is 1. The average Bonchev–Trinajstić information content (AvgIpc) is 3.19. The van der Waals surface area contributed by atoms with Crippen molar-refractivity contribution in [1.29, 1.82) is 0 Å². The molecule has 0 atom stereocenters. The fourth-order valence-corrected chi connectivity index (χ4v) is 7.45. The first kappa shape index (κ1) is 26.0. The summed E-state index contributed by atoms with van der Waals surface area (Å²) >= 11 is 0. The van der Waals surface area contributed by atoms with Gasteiger partial charge in [-0.05, 0) is 76.7 Å². The number of nitrogens with zero attached hydrogens (tertiary/aromatic N) is 4. The molecule has 36 heavy (non-hydrogen) atoms. The van der Waals surface area contributed by atoms with Crippen molar-refractivity contribution < 1.29 is 4.79 Å². The van der Waals surface area contributed by atoms with Crippen molar-refractivity contribution in [2.45, 2.75) is 108 Å². The monoisotopic (exact) mass is 494 g/mol. The summed E-state index contributed by atoms with van der Waals surface area (Å²) in [5.74, 6) is 0.399. The maximum absolute atomic E-state index is 14.1. The SMILES string of the molecule is O=C1N(CCCN2CCCCC2)CN(c2ccccc2)C12CCN(C1CCCCCCCCC1)CC2. The number of hydrogen-bond acceptors (Lipinski definition) is 4. The van der Waals surface area contributed by atoms with Gasteiger partial charge in [-0.3, -0.25) is 4.79 Å². The van der Waals surface area contributed by atoms with E-state index in [9.17, 15) is 4.79 Å². The largest absolute Gasteiger partial charge is 0.339 e. The van der Waals surface area contributed by atoms with E-state index >= 15 is 0 Å². The van der Waals surface area contributed by atoms with E-state index in [1.54, 1.807) is 0 Å². The highest BCUT2D eigenvalue weighted by atomic mass is 16.2. The third kappa shape index (κ3) is 6.10. The van der Waals surface area contributed by atoms with Crippen molar-refractivity contribution in [3.63, 3.8) is 0 Å². The zero-order valence-corrected chi connectivity index (χ0v) is 22.7. The van der Waals surface area contributed by atoms with Crippen molar-refractivity contribution in [2.75, 3.05) is 50.8 Å². The summed E-state index contributed by atoms with van der Waals surface area (Å²) in [5.41, 5.74) is 0.871. The van der Waals surface area contributed by atoms with Gasteiger partial charge in [-0.2, -0.15) is 0 Å². The topological polar surface area (TPSA) is 30.0 Å². The third-order valence-corrected chi connectivity index (χ3v) is 9.65. The van der Waals surface area contributed by atoms with Crippen LogP contribution >= 0.6 is 0 Å². The van der Waals surface area contributed by atoms with E-state index < -0.39 is 0 Å². The van der Waals surface area contributed by atoms with Crippen LogP contribution in [0.5, 0.6) is 0 Å². The molecule has 1 aromatic carbocycles. The fraction of sp³-hybridized carbons (Fsp3) is 0.774. The predicted molar refractivity (Wildman–Crippen MR) is 149 cm³/mol. The molecule has 0 unspecified atom stereocenters. The third-order valence-electron chi connectivity index (χ3n) is 9.65. The molecule has 0 bridgehead atoms. The zero-order valence-electron chi connectivity index (χ0n) is 22.7. The number of anilines is 1. The van der Waals surface area contributed by atoms with Crippen LogP contribution < -0.4 is 4.90 Å². The number of likely N-dealkylation sites (tertiary alicyclic amines) is 2. The van der Waals surface area contributed by atoms with E-state index in [1.165, 1.54) is 95.8 Å². The Morgan fingerprint density at radius 1 is 0.722 bits per heavy atom. The van der Waals surface area contributed by atoms with Crippen LogP contribution in [0.25, 0.3) is 0 Å². The molecule has 4 aliphatic rings. The lowest BCUT2D eigenvalue weighted by molar-refractivity contribution is -0.134. The molecule has 1 saturated carbocycles. The van der Waals surface area contributed by atoms with Crippen LogP contribution in [0.4, 0.5) is 5.69 Å². The summed E-state index contributed by atoms with van der Waals surface area (Å²) < 4.78 is 0. The van der Waals surface area contributed by atoms with Crippen LogP contribution in [-0.2, 0) is 4.79 Å². The number of amides is 1. The second-order valence-corrected chi connectivity index (χ2v) is 12.0. The van der Waals surface area contributed by atoms with Gasteiger partial charge in [0.2, 0.25) is 5.91 Å². The molecular weight excluding hydrogens is 444 g/mol. The Hall–Kier alpha value is -1.59. The molecular formula is C31H50N4O. The van der Waals surface area contributed by atoms with Crippen molar-refractivity contribution in [2.24, 2.45) is 0 Å². The van der Waals surface area contributed by atoms with E-state index in [4.69, 9.17) is 0 Å². The Bertz CT molecular complexity index is 790.